The summed E-state index contributed by atoms with van der Waals surface area (Å²) in [5.41, 5.74) is 10.6. The van der Waals surface area contributed by atoms with Gasteiger partial charge in [0.25, 0.3) is 0 Å². The molecule has 2 N–H and O–H groups in total. The van der Waals surface area contributed by atoms with E-state index in [1.807, 2.05) is 11.8 Å². The van der Waals surface area contributed by atoms with Crippen LogP contribution in [0, 0.1) is 19.3 Å². The Morgan fingerprint density at radius 1 is 1.15 bits per heavy atom. The summed E-state index contributed by atoms with van der Waals surface area (Å²) >= 11 is 2.04. The van der Waals surface area contributed by atoms with E-state index in [4.69, 9.17) is 5.73 Å². The zero-order valence-corrected chi connectivity index (χ0v) is 14.3. The third-order valence-electron chi connectivity index (χ3n) is 4.36. The van der Waals surface area contributed by atoms with Crippen molar-refractivity contribution in [3.63, 3.8) is 0 Å². The second kappa shape index (κ2) is 5.61. The van der Waals surface area contributed by atoms with E-state index >= 15 is 0 Å². The molecule has 0 saturated carbocycles. The molecule has 2 rings (SSSR count). The number of hydrogen-bond acceptors (Lipinski definition) is 3. The number of likely N-dealkylation sites (N-methyl/N-ethyl adjacent to an activating group) is 1. The molecule has 0 bridgehead atoms. The normalized spacial score (nSPS) is 25.5. The van der Waals surface area contributed by atoms with Crippen LogP contribution in [0.3, 0.4) is 0 Å². The van der Waals surface area contributed by atoms with Crippen LogP contribution in [0.1, 0.15) is 31.4 Å². The lowest BCUT2D eigenvalue weighted by molar-refractivity contribution is 0.265. The highest BCUT2D eigenvalue weighted by atomic mass is 32.2. The van der Waals surface area contributed by atoms with E-state index in [2.05, 4.69) is 57.8 Å². The Balaban J connectivity index is 2.35. The number of aryl methyl sites for hydroxylation is 2. The predicted octanol–water partition coefficient (Wildman–Crippen LogP) is 3.60. The number of benzene rings is 1. The van der Waals surface area contributed by atoms with E-state index in [-0.39, 0.29) is 5.54 Å². The topological polar surface area (TPSA) is 29.3 Å². The lowest BCUT2D eigenvalue weighted by Crippen LogP contribution is -2.59. The third-order valence-corrected chi connectivity index (χ3v) is 6.08. The van der Waals surface area contributed by atoms with Gasteiger partial charge in [0.2, 0.25) is 0 Å². The molecule has 20 heavy (non-hydrogen) atoms. The van der Waals surface area contributed by atoms with E-state index in [0.717, 1.165) is 12.2 Å². The van der Waals surface area contributed by atoms with Crippen molar-refractivity contribution in [1.82, 2.24) is 0 Å². The van der Waals surface area contributed by atoms with Crippen LogP contribution in [-0.4, -0.2) is 30.6 Å². The maximum atomic E-state index is 6.22. The summed E-state index contributed by atoms with van der Waals surface area (Å²) in [5.74, 6) is 2.35. The summed E-state index contributed by atoms with van der Waals surface area (Å²) in [6.45, 7) is 9.77. The molecule has 1 aromatic carbocycles. The molecule has 1 aromatic rings. The van der Waals surface area contributed by atoms with Crippen molar-refractivity contribution in [3.05, 3.63) is 29.3 Å². The second-order valence-corrected chi connectivity index (χ2v) is 8.15. The monoisotopic (exact) mass is 292 g/mol. The Bertz CT molecular complexity index is 464. The molecule has 1 heterocycles. The van der Waals surface area contributed by atoms with Crippen LogP contribution in [0.2, 0.25) is 0 Å². The number of nitrogens with two attached hydrogens (primary N) is 1. The summed E-state index contributed by atoms with van der Waals surface area (Å²) in [6, 6.07) is 6.78. The largest absolute Gasteiger partial charge is 0.367 e. The summed E-state index contributed by atoms with van der Waals surface area (Å²) in [7, 11) is 2.21. The van der Waals surface area contributed by atoms with Crippen molar-refractivity contribution in [3.8, 4) is 0 Å². The van der Waals surface area contributed by atoms with Gasteiger partial charge in [-0.1, -0.05) is 19.9 Å². The van der Waals surface area contributed by atoms with Crippen LogP contribution in [0.25, 0.3) is 0 Å². The molecule has 3 heteroatoms. The summed E-state index contributed by atoms with van der Waals surface area (Å²) < 4.78 is 0. The molecule has 0 spiro atoms. The van der Waals surface area contributed by atoms with E-state index in [0.29, 0.717) is 12.0 Å². The molecule has 0 aromatic heterocycles. The molecule has 1 saturated heterocycles. The maximum absolute atomic E-state index is 6.22. The zero-order valence-electron chi connectivity index (χ0n) is 13.5. The van der Waals surface area contributed by atoms with Crippen LogP contribution < -0.4 is 10.6 Å². The third kappa shape index (κ3) is 3.15. The van der Waals surface area contributed by atoms with Gasteiger partial charge >= 0.3 is 0 Å². The van der Waals surface area contributed by atoms with Crippen molar-refractivity contribution in [1.29, 1.82) is 0 Å². The van der Waals surface area contributed by atoms with E-state index in [1.54, 1.807) is 0 Å². The summed E-state index contributed by atoms with van der Waals surface area (Å²) in [6.07, 6.45) is 1.16. The Morgan fingerprint density at radius 3 is 2.25 bits per heavy atom. The van der Waals surface area contributed by atoms with Crippen molar-refractivity contribution in [2.45, 2.75) is 39.7 Å². The van der Waals surface area contributed by atoms with Gasteiger partial charge < -0.3 is 10.6 Å². The molecular weight excluding hydrogens is 264 g/mol. The molecule has 112 valence electrons. The molecule has 0 aliphatic carbocycles. The molecule has 0 amide bonds. The van der Waals surface area contributed by atoms with Crippen LogP contribution in [0.5, 0.6) is 0 Å². The highest BCUT2D eigenvalue weighted by Crippen LogP contribution is 2.42. The summed E-state index contributed by atoms with van der Waals surface area (Å²) in [4.78, 5) is 2.43. The summed E-state index contributed by atoms with van der Waals surface area (Å²) in [5, 5.41) is 0. The average Bonchev–Trinajstić information content (AvgIpc) is 2.35. The predicted molar refractivity (Wildman–Crippen MR) is 91.8 cm³/mol. The smallest absolute Gasteiger partial charge is 0.0616 e. The first-order valence-electron chi connectivity index (χ1n) is 7.38. The maximum Gasteiger partial charge on any atom is 0.0616 e. The van der Waals surface area contributed by atoms with Gasteiger partial charge in [-0.15, -0.1) is 0 Å². The van der Waals surface area contributed by atoms with E-state index in [9.17, 15) is 0 Å². The Labute approximate surface area is 128 Å². The minimum atomic E-state index is 0.0760. The lowest BCUT2D eigenvalue weighted by atomic mass is 9.78. The minimum absolute atomic E-state index is 0.0760. The Kier molecular flexibility index (Phi) is 4.41. The number of rotatable bonds is 3. The van der Waals surface area contributed by atoms with Gasteiger partial charge in [-0.25, -0.2) is 0 Å². The number of thioether (sulfide) groups is 1. The molecule has 1 aliphatic heterocycles. The van der Waals surface area contributed by atoms with Crippen molar-refractivity contribution < 1.29 is 0 Å². The number of anilines is 1. The Morgan fingerprint density at radius 2 is 1.75 bits per heavy atom. The van der Waals surface area contributed by atoms with Gasteiger partial charge in [0.1, 0.15) is 0 Å². The van der Waals surface area contributed by atoms with E-state index in [1.165, 1.54) is 22.6 Å². The fourth-order valence-corrected chi connectivity index (χ4v) is 4.96. The first-order valence-corrected chi connectivity index (χ1v) is 8.53. The van der Waals surface area contributed by atoms with Gasteiger partial charge in [-0.2, -0.15) is 11.8 Å². The molecular formula is C17H28N2S. The van der Waals surface area contributed by atoms with Gasteiger partial charge in [-0.05, 0) is 54.7 Å². The molecule has 1 fully saturated rings. The van der Waals surface area contributed by atoms with Crippen LogP contribution in [-0.2, 0) is 0 Å². The lowest BCUT2D eigenvalue weighted by Gasteiger charge is -2.50. The molecule has 2 nitrogen and oxygen atoms in total. The first kappa shape index (κ1) is 15.7. The van der Waals surface area contributed by atoms with Gasteiger partial charge in [-0.3, -0.25) is 0 Å². The van der Waals surface area contributed by atoms with Crippen molar-refractivity contribution in [2.24, 2.45) is 11.1 Å². The van der Waals surface area contributed by atoms with Crippen molar-refractivity contribution in [2.75, 3.05) is 30.0 Å². The number of nitrogens with zero attached hydrogens (tertiary/aromatic N) is 1. The van der Waals surface area contributed by atoms with Gasteiger partial charge in [0.15, 0.2) is 0 Å². The molecule has 1 atom stereocenters. The molecule has 0 radical (unpaired) electrons. The highest BCUT2D eigenvalue weighted by molar-refractivity contribution is 7.99. The molecule has 1 aliphatic rings. The fourth-order valence-electron chi connectivity index (χ4n) is 3.41. The van der Waals surface area contributed by atoms with Crippen LogP contribution in [0.4, 0.5) is 5.69 Å². The zero-order chi connectivity index (χ0) is 15.0. The van der Waals surface area contributed by atoms with Gasteiger partial charge in [0, 0.05) is 25.0 Å². The Hall–Kier alpha value is -0.670. The van der Waals surface area contributed by atoms with E-state index < -0.39 is 0 Å². The second-order valence-electron chi connectivity index (χ2n) is 7.17. The highest BCUT2D eigenvalue weighted by Gasteiger charge is 2.42. The fraction of sp³-hybridized carbons (Fsp3) is 0.647. The van der Waals surface area contributed by atoms with Crippen LogP contribution >= 0.6 is 11.8 Å². The minimum Gasteiger partial charge on any atom is -0.367 e. The quantitative estimate of drug-likeness (QED) is 0.923. The van der Waals surface area contributed by atoms with Crippen LogP contribution in [0.15, 0.2) is 18.2 Å². The van der Waals surface area contributed by atoms with Crippen molar-refractivity contribution >= 4 is 17.4 Å². The number of hydrogen-bond donors (Lipinski definition) is 1. The standard InChI is InChI=1S/C17H28N2S/c1-13-6-14(2)8-15(7-13)19(5)17(10-18)9-16(3,4)11-20-12-17/h6-8H,9-12,18H2,1-5H3. The SMILES string of the molecule is Cc1cc(C)cc(N(C)C2(CN)CSCC(C)(C)C2)c1. The first-order chi connectivity index (χ1) is 9.28. The average molecular weight is 292 g/mol. The molecule has 1 unspecified atom stereocenters. The van der Waals surface area contributed by atoms with Gasteiger partial charge in [0.05, 0.1) is 5.54 Å².